The van der Waals surface area contributed by atoms with E-state index in [9.17, 15) is 9.90 Å². The molecular formula is C21H30N6O3. The van der Waals surface area contributed by atoms with Crippen molar-refractivity contribution in [3.05, 3.63) is 16.8 Å². The van der Waals surface area contributed by atoms with E-state index in [1.54, 1.807) is 20.8 Å². The standard InChI is InChI=1S/C21H30N6O3/c1-11-12-7-6-8-13(12)23-18-16(11)17(22-5)25-19(26-18)24-14-9-27(10-15(14)28)20(29)30-21(2,3)4/h14-15,28H,6-10H2,1-5H3,(H2,22,23,24,25,26)/t14-,15-/m0/s1/i5D3. The van der Waals surface area contributed by atoms with Crippen LogP contribution in [0.2, 0.25) is 0 Å². The molecule has 0 saturated carbocycles. The third-order valence-electron chi connectivity index (χ3n) is 5.52. The summed E-state index contributed by atoms with van der Waals surface area (Å²) >= 11 is 0. The number of β-amino-alcohol motifs (C(OH)–C–C–N with tert-alkyl or cyclic N) is 1. The number of amides is 1. The highest BCUT2D eigenvalue weighted by Gasteiger charge is 2.36. The highest BCUT2D eigenvalue weighted by molar-refractivity contribution is 5.91. The number of nitrogens with zero attached hydrogens (tertiary/aromatic N) is 4. The summed E-state index contributed by atoms with van der Waals surface area (Å²) in [5.41, 5.74) is 2.78. The highest BCUT2D eigenvalue weighted by Crippen LogP contribution is 2.32. The van der Waals surface area contributed by atoms with Crippen molar-refractivity contribution in [3.63, 3.8) is 0 Å². The summed E-state index contributed by atoms with van der Waals surface area (Å²) in [6.07, 6.45) is 1.36. The van der Waals surface area contributed by atoms with E-state index in [1.807, 2.05) is 6.92 Å². The largest absolute Gasteiger partial charge is 0.444 e. The molecule has 2 aliphatic rings. The second kappa shape index (κ2) is 7.54. The SMILES string of the molecule is [2H]C([2H])([2H])Nc1nc(N[C@H]2CN(C(=O)OC(C)(C)C)C[C@@H]2O)nc2nc3c(c(C)c12)CCC3. The van der Waals surface area contributed by atoms with Crippen molar-refractivity contribution in [2.45, 2.75) is 64.7 Å². The summed E-state index contributed by atoms with van der Waals surface area (Å²) in [6, 6.07) is -0.550. The number of fused-ring (bicyclic) bond motifs is 2. The van der Waals surface area contributed by atoms with Crippen LogP contribution in [0.25, 0.3) is 11.0 Å². The van der Waals surface area contributed by atoms with E-state index in [2.05, 4.69) is 25.6 Å². The van der Waals surface area contributed by atoms with Gasteiger partial charge in [0, 0.05) is 23.3 Å². The molecule has 0 aromatic carbocycles. The van der Waals surface area contributed by atoms with E-state index >= 15 is 0 Å². The van der Waals surface area contributed by atoms with E-state index in [0.717, 1.165) is 36.1 Å². The normalized spacial score (nSPS) is 23.0. The van der Waals surface area contributed by atoms with Gasteiger partial charge in [-0.2, -0.15) is 9.97 Å². The zero-order valence-electron chi connectivity index (χ0n) is 20.7. The van der Waals surface area contributed by atoms with Crippen molar-refractivity contribution in [2.75, 3.05) is 30.7 Å². The summed E-state index contributed by atoms with van der Waals surface area (Å²) < 4.78 is 28.4. The van der Waals surface area contributed by atoms with Gasteiger partial charge in [0.05, 0.1) is 24.1 Å². The zero-order chi connectivity index (χ0) is 24.1. The third-order valence-corrected chi connectivity index (χ3v) is 5.52. The van der Waals surface area contributed by atoms with Crippen molar-refractivity contribution in [1.82, 2.24) is 19.9 Å². The summed E-state index contributed by atoms with van der Waals surface area (Å²) in [5.74, 6) is 0.299. The number of aliphatic hydroxyl groups excluding tert-OH is 1. The molecule has 1 fully saturated rings. The van der Waals surface area contributed by atoms with Gasteiger partial charge < -0.3 is 25.4 Å². The van der Waals surface area contributed by atoms with Gasteiger partial charge in [-0.25, -0.2) is 9.78 Å². The fourth-order valence-electron chi connectivity index (χ4n) is 4.13. The molecule has 30 heavy (non-hydrogen) atoms. The average Bonchev–Trinajstić information content (AvgIpc) is 3.26. The second-order valence-electron chi connectivity index (χ2n) is 8.94. The fourth-order valence-corrected chi connectivity index (χ4v) is 4.13. The predicted molar refractivity (Wildman–Crippen MR) is 115 cm³/mol. The summed E-state index contributed by atoms with van der Waals surface area (Å²) in [7, 11) is 0. The fraction of sp³-hybridized carbons (Fsp3) is 0.619. The van der Waals surface area contributed by atoms with Crippen LogP contribution in [0.1, 0.15) is 48.1 Å². The van der Waals surface area contributed by atoms with Gasteiger partial charge in [-0.1, -0.05) is 0 Å². The zero-order valence-corrected chi connectivity index (χ0v) is 17.7. The quantitative estimate of drug-likeness (QED) is 0.697. The molecule has 4 rings (SSSR count). The number of aryl methyl sites for hydroxylation is 2. The predicted octanol–water partition coefficient (Wildman–Crippen LogP) is 2.26. The highest BCUT2D eigenvalue weighted by atomic mass is 16.6. The number of anilines is 2. The van der Waals surface area contributed by atoms with Crippen LogP contribution in [0.15, 0.2) is 0 Å². The molecule has 3 heterocycles. The number of aromatic nitrogens is 3. The number of ether oxygens (including phenoxy) is 1. The first-order valence-corrected chi connectivity index (χ1v) is 10.2. The number of nitrogens with one attached hydrogen (secondary N) is 2. The molecule has 0 radical (unpaired) electrons. The molecule has 9 nitrogen and oxygen atoms in total. The first-order chi connectivity index (χ1) is 15.3. The summed E-state index contributed by atoms with van der Waals surface area (Å²) in [4.78, 5) is 27.4. The maximum absolute atomic E-state index is 12.4. The van der Waals surface area contributed by atoms with Gasteiger partial charge in [-0.3, -0.25) is 0 Å². The number of carbonyl (C=O) groups excluding carboxylic acids is 1. The van der Waals surface area contributed by atoms with E-state index < -0.39 is 30.8 Å². The molecule has 0 spiro atoms. The third kappa shape index (κ3) is 3.86. The summed E-state index contributed by atoms with van der Waals surface area (Å²) in [6.45, 7) is 5.12. The lowest BCUT2D eigenvalue weighted by atomic mass is 10.1. The maximum Gasteiger partial charge on any atom is 0.410 e. The molecule has 2 aromatic rings. The maximum atomic E-state index is 12.4. The average molecular weight is 418 g/mol. The van der Waals surface area contributed by atoms with Crippen molar-refractivity contribution < 1.29 is 18.8 Å². The Hall–Kier alpha value is -2.68. The van der Waals surface area contributed by atoms with Crippen LogP contribution < -0.4 is 10.6 Å². The van der Waals surface area contributed by atoms with E-state index in [4.69, 9.17) is 8.85 Å². The number of likely N-dealkylation sites (tertiary alicyclic amines) is 1. The van der Waals surface area contributed by atoms with Gasteiger partial charge in [0.2, 0.25) is 5.95 Å². The van der Waals surface area contributed by atoms with Crippen molar-refractivity contribution in [3.8, 4) is 0 Å². The Morgan fingerprint density at radius 2 is 2.07 bits per heavy atom. The van der Waals surface area contributed by atoms with Crippen LogP contribution in [0.3, 0.4) is 0 Å². The number of rotatable bonds is 3. The number of pyridine rings is 1. The van der Waals surface area contributed by atoms with Crippen LogP contribution in [0.5, 0.6) is 0 Å². The van der Waals surface area contributed by atoms with Crippen LogP contribution in [0.4, 0.5) is 16.6 Å². The Kier molecular flexibility index (Phi) is 4.28. The molecule has 2 aromatic heterocycles. The van der Waals surface area contributed by atoms with E-state index in [1.165, 1.54) is 4.90 Å². The van der Waals surface area contributed by atoms with Crippen LogP contribution >= 0.6 is 0 Å². The number of hydrogen-bond acceptors (Lipinski definition) is 8. The number of aliphatic hydroxyl groups is 1. The van der Waals surface area contributed by atoms with Gasteiger partial charge in [0.15, 0.2) is 5.65 Å². The minimum absolute atomic E-state index is 0.103. The topological polar surface area (TPSA) is 113 Å². The van der Waals surface area contributed by atoms with Crippen molar-refractivity contribution >= 4 is 28.9 Å². The van der Waals surface area contributed by atoms with Gasteiger partial charge in [-0.15, -0.1) is 0 Å². The van der Waals surface area contributed by atoms with Gasteiger partial charge in [-0.05, 0) is 58.1 Å². The van der Waals surface area contributed by atoms with Crippen LogP contribution in [0, 0.1) is 6.92 Å². The lowest BCUT2D eigenvalue weighted by Gasteiger charge is -2.24. The number of carbonyl (C=O) groups is 1. The van der Waals surface area contributed by atoms with E-state index in [0.29, 0.717) is 11.0 Å². The van der Waals surface area contributed by atoms with E-state index in [-0.39, 0.29) is 24.9 Å². The molecule has 1 saturated heterocycles. The minimum atomic E-state index is -2.45. The molecule has 0 unspecified atom stereocenters. The molecule has 9 heteroatoms. The first kappa shape index (κ1) is 17.0. The summed E-state index contributed by atoms with van der Waals surface area (Å²) in [5, 5.41) is 16.7. The molecule has 2 atom stereocenters. The lowest BCUT2D eigenvalue weighted by Crippen LogP contribution is -2.36. The molecule has 1 amide bonds. The Bertz CT molecular complexity index is 1090. The Labute approximate surface area is 180 Å². The molecular weight excluding hydrogens is 384 g/mol. The van der Waals surface area contributed by atoms with Gasteiger partial charge >= 0.3 is 6.09 Å². The molecule has 162 valence electrons. The molecule has 1 aliphatic carbocycles. The smallest absolute Gasteiger partial charge is 0.410 e. The van der Waals surface area contributed by atoms with Crippen LogP contribution in [-0.4, -0.2) is 68.9 Å². The first-order valence-electron chi connectivity index (χ1n) is 11.7. The minimum Gasteiger partial charge on any atom is -0.444 e. The second-order valence-corrected chi connectivity index (χ2v) is 8.94. The molecule has 0 bridgehead atoms. The molecule has 1 aliphatic heterocycles. The Morgan fingerprint density at radius 3 is 2.80 bits per heavy atom. The van der Waals surface area contributed by atoms with Crippen molar-refractivity contribution in [2.24, 2.45) is 0 Å². The van der Waals surface area contributed by atoms with Crippen LogP contribution in [-0.2, 0) is 17.6 Å². The Balaban J connectivity index is 1.64. The lowest BCUT2D eigenvalue weighted by molar-refractivity contribution is 0.0270. The molecule has 3 N–H and O–H groups in total. The monoisotopic (exact) mass is 417 g/mol. The van der Waals surface area contributed by atoms with Gasteiger partial charge in [0.1, 0.15) is 11.4 Å². The Morgan fingerprint density at radius 1 is 1.27 bits per heavy atom. The van der Waals surface area contributed by atoms with Gasteiger partial charge in [0.25, 0.3) is 0 Å². The number of hydrogen-bond donors (Lipinski definition) is 3. The van der Waals surface area contributed by atoms with Crippen molar-refractivity contribution in [1.29, 1.82) is 0 Å².